The van der Waals surface area contributed by atoms with E-state index in [4.69, 9.17) is 4.98 Å². The highest BCUT2D eigenvalue weighted by Gasteiger charge is 2.26. The zero-order valence-corrected chi connectivity index (χ0v) is 15.3. The lowest BCUT2D eigenvalue weighted by Crippen LogP contribution is -2.34. The molecule has 0 fully saturated rings. The van der Waals surface area contributed by atoms with Gasteiger partial charge in [-0.2, -0.15) is 0 Å². The number of hydrogen-bond acceptors (Lipinski definition) is 4. The second-order valence-electron chi connectivity index (χ2n) is 6.92. The van der Waals surface area contributed by atoms with Crippen molar-refractivity contribution in [1.82, 2.24) is 20.3 Å². The highest BCUT2D eigenvalue weighted by atomic mass is 16.1. The molecule has 136 valence electrons. The van der Waals surface area contributed by atoms with Crippen LogP contribution in [0.4, 0.5) is 0 Å². The number of hydrogen-bond donors (Lipinski definition) is 1. The maximum atomic E-state index is 12.8. The lowest BCUT2D eigenvalue weighted by atomic mass is 9.91. The number of amides is 1. The molecule has 5 nitrogen and oxygen atoms in total. The Bertz CT molecular complexity index is 928. The Morgan fingerprint density at radius 3 is 2.70 bits per heavy atom. The summed E-state index contributed by atoms with van der Waals surface area (Å²) in [5.41, 5.74) is 4.04. The van der Waals surface area contributed by atoms with Crippen LogP contribution >= 0.6 is 0 Å². The maximum absolute atomic E-state index is 12.8. The van der Waals surface area contributed by atoms with Gasteiger partial charge in [0.25, 0.3) is 0 Å². The molecule has 1 aliphatic carbocycles. The zero-order chi connectivity index (χ0) is 18.6. The molecule has 0 saturated carbocycles. The molecule has 2 heterocycles. The van der Waals surface area contributed by atoms with Gasteiger partial charge in [-0.25, -0.2) is 9.97 Å². The summed E-state index contributed by atoms with van der Waals surface area (Å²) in [6.07, 6.45) is 8.19. The molecule has 27 heavy (non-hydrogen) atoms. The molecule has 0 radical (unpaired) electrons. The normalized spacial score (nSPS) is 17.0. The number of nitrogens with one attached hydrogen (secondary N) is 1. The number of fused-ring (bicyclic) bond motifs is 1. The number of carbonyl (C=O) groups is 1. The highest BCUT2D eigenvalue weighted by Crippen LogP contribution is 2.30. The second kappa shape index (κ2) is 7.66. The molecular formula is C22H22N4O. The summed E-state index contributed by atoms with van der Waals surface area (Å²) in [5, 5.41) is 3.20. The van der Waals surface area contributed by atoms with Crippen molar-refractivity contribution in [3.63, 3.8) is 0 Å². The average Bonchev–Trinajstić information content (AvgIpc) is 2.74. The molecule has 1 amide bonds. The summed E-state index contributed by atoms with van der Waals surface area (Å²) in [5.74, 6) is 0.562. The SMILES string of the molecule is C[C@@H](C(=O)N[C@H]1CCCc2nc(-c3ccncc3)ncc21)c1ccccc1. The van der Waals surface area contributed by atoms with Crippen molar-refractivity contribution in [1.29, 1.82) is 0 Å². The first-order chi connectivity index (χ1) is 13.2. The van der Waals surface area contributed by atoms with Crippen LogP contribution in [0.2, 0.25) is 0 Å². The van der Waals surface area contributed by atoms with Gasteiger partial charge in [0.15, 0.2) is 5.82 Å². The molecule has 2 aromatic heterocycles. The molecule has 0 saturated heterocycles. The predicted octanol–water partition coefficient (Wildman–Crippen LogP) is 3.84. The summed E-state index contributed by atoms with van der Waals surface area (Å²) in [6, 6.07) is 13.7. The first kappa shape index (κ1) is 17.3. The van der Waals surface area contributed by atoms with E-state index in [1.807, 2.05) is 55.6 Å². The minimum Gasteiger partial charge on any atom is -0.349 e. The van der Waals surface area contributed by atoms with Crippen molar-refractivity contribution < 1.29 is 4.79 Å². The lowest BCUT2D eigenvalue weighted by molar-refractivity contribution is -0.123. The second-order valence-corrected chi connectivity index (χ2v) is 6.92. The Morgan fingerprint density at radius 1 is 1.15 bits per heavy atom. The lowest BCUT2D eigenvalue weighted by Gasteiger charge is -2.27. The summed E-state index contributed by atoms with van der Waals surface area (Å²) in [4.78, 5) is 26.1. The van der Waals surface area contributed by atoms with Gasteiger partial charge in [0, 0.05) is 35.4 Å². The number of aryl methyl sites for hydroxylation is 1. The quantitative estimate of drug-likeness (QED) is 0.769. The number of nitrogens with zero attached hydrogens (tertiary/aromatic N) is 3. The standard InChI is InChI=1S/C22H22N4O/c1-15(16-6-3-2-4-7-16)22(27)26-20-9-5-8-19-18(20)14-24-21(25-19)17-10-12-23-13-11-17/h2-4,6-7,10-15,20H,5,8-9H2,1H3,(H,26,27)/t15-,20+/m1/s1. The number of benzene rings is 1. The van der Waals surface area contributed by atoms with Crippen LogP contribution in [-0.4, -0.2) is 20.9 Å². The van der Waals surface area contributed by atoms with Crippen LogP contribution in [0.1, 0.15) is 48.5 Å². The fourth-order valence-corrected chi connectivity index (χ4v) is 3.53. The molecule has 1 N–H and O–H groups in total. The summed E-state index contributed by atoms with van der Waals surface area (Å²) < 4.78 is 0. The number of aromatic nitrogens is 3. The molecule has 0 aliphatic heterocycles. The monoisotopic (exact) mass is 358 g/mol. The van der Waals surface area contributed by atoms with Crippen molar-refractivity contribution in [2.45, 2.75) is 38.1 Å². The van der Waals surface area contributed by atoms with E-state index in [0.29, 0.717) is 5.82 Å². The third-order valence-corrected chi connectivity index (χ3v) is 5.13. The Labute approximate surface area is 158 Å². The molecule has 1 aliphatic rings. The smallest absolute Gasteiger partial charge is 0.227 e. The summed E-state index contributed by atoms with van der Waals surface area (Å²) in [7, 11) is 0. The van der Waals surface area contributed by atoms with Crippen LogP contribution in [0, 0.1) is 0 Å². The first-order valence-corrected chi connectivity index (χ1v) is 9.34. The van der Waals surface area contributed by atoms with E-state index in [1.54, 1.807) is 12.4 Å². The molecule has 0 spiro atoms. The average molecular weight is 358 g/mol. The van der Waals surface area contributed by atoms with Crippen LogP contribution in [0.25, 0.3) is 11.4 Å². The third kappa shape index (κ3) is 3.72. The van der Waals surface area contributed by atoms with Gasteiger partial charge >= 0.3 is 0 Å². The van der Waals surface area contributed by atoms with Crippen molar-refractivity contribution in [2.75, 3.05) is 0 Å². The van der Waals surface area contributed by atoms with Crippen LogP contribution in [0.15, 0.2) is 61.1 Å². The first-order valence-electron chi connectivity index (χ1n) is 9.34. The van der Waals surface area contributed by atoms with E-state index in [9.17, 15) is 4.79 Å². The van der Waals surface area contributed by atoms with Crippen LogP contribution in [-0.2, 0) is 11.2 Å². The van der Waals surface area contributed by atoms with Gasteiger partial charge in [0.05, 0.1) is 12.0 Å². The molecule has 0 unspecified atom stereocenters. The molecule has 5 heteroatoms. The fourth-order valence-electron chi connectivity index (χ4n) is 3.53. The molecule has 4 rings (SSSR count). The van der Waals surface area contributed by atoms with Crippen molar-refractivity contribution in [3.8, 4) is 11.4 Å². The van der Waals surface area contributed by atoms with Gasteiger partial charge in [-0.05, 0) is 43.9 Å². The maximum Gasteiger partial charge on any atom is 0.227 e. The highest BCUT2D eigenvalue weighted by molar-refractivity contribution is 5.83. The van der Waals surface area contributed by atoms with E-state index in [-0.39, 0.29) is 17.9 Å². The van der Waals surface area contributed by atoms with Gasteiger partial charge in [-0.1, -0.05) is 30.3 Å². The van der Waals surface area contributed by atoms with E-state index in [2.05, 4.69) is 15.3 Å². The molecule has 3 aromatic rings. The van der Waals surface area contributed by atoms with Gasteiger partial charge in [0.1, 0.15) is 0 Å². The molecule has 1 aromatic carbocycles. The van der Waals surface area contributed by atoms with Gasteiger partial charge in [0.2, 0.25) is 5.91 Å². The van der Waals surface area contributed by atoms with Gasteiger partial charge in [-0.15, -0.1) is 0 Å². The van der Waals surface area contributed by atoms with E-state index in [0.717, 1.165) is 41.6 Å². The Morgan fingerprint density at radius 2 is 1.93 bits per heavy atom. The fraction of sp³-hybridized carbons (Fsp3) is 0.273. The minimum atomic E-state index is -0.186. The summed E-state index contributed by atoms with van der Waals surface area (Å²) >= 11 is 0. The number of pyridine rings is 1. The largest absolute Gasteiger partial charge is 0.349 e. The Balaban J connectivity index is 1.54. The van der Waals surface area contributed by atoms with Crippen molar-refractivity contribution in [3.05, 3.63) is 77.9 Å². The third-order valence-electron chi connectivity index (χ3n) is 5.13. The van der Waals surface area contributed by atoms with Crippen LogP contribution in [0.3, 0.4) is 0 Å². The topological polar surface area (TPSA) is 67.8 Å². The molecular weight excluding hydrogens is 336 g/mol. The summed E-state index contributed by atoms with van der Waals surface area (Å²) in [6.45, 7) is 1.94. The van der Waals surface area contributed by atoms with Crippen LogP contribution < -0.4 is 5.32 Å². The number of rotatable bonds is 4. The molecule has 0 bridgehead atoms. The predicted molar refractivity (Wildman–Crippen MR) is 104 cm³/mol. The van der Waals surface area contributed by atoms with Gasteiger partial charge in [-0.3, -0.25) is 9.78 Å². The Hall–Kier alpha value is -3.08. The van der Waals surface area contributed by atoms with E-state index < -0.39 is 0 Å². The van der Waals surface area contributed by atoms with Crippen LogP contribution in [0.5, 0.6) is 0 Å². The Kier molecular flexibility index (Phi) is 4.92. The number of carbonyl (C=O) groups excluding carboxylic acids is 1. The molecule has 2 atom stereocenters. The van der Waals surface area contributed by atoms with E-state index >= 15 is 0 Å². The zero-order valence-electron chi connectivity index (χ0n) is 15.3. The van der Waals surface area contributed by atoms with Crippen molar-refractivity contribution in [2.24, 2.45) is 0 Å². The van der Waals surface area contributed by atoms with Gasteiger partial charge < -0.3 is 5.32 Å². The van der Waals surface area contributed by atoms with E-state index in [1.165, 1.54) is 0 Å². The minimum absolute atomic E-state index is 0.0288. The van der Waals surface area contributed by atoms with Crippen molar-refractivity contribution >= 4 is 5.91 Å².